The average molecular weight is 270 g/mol. The fourth-order valence-corrected chi connectivity index (χ4v) is 3.43. The van der Waals surface area contributed by atoms with E-state index in [4.69, 9.17) is 0 Å². The summed E-state index contributed by atoms with van der Waals surface area (Å²) >= 11 is 0. The lowest BCUT2D eigenvalue weighted by Crippen LogP contribution is -2.04. The molecule has 1 unspecified atom stereocenters. The van der Waals surface area contributed by atoms with Crippen molar-refractivity contribution >= 4 is 9.24 Å². The lowest BCUT2D eigenvalue weighted by atomic mass is 9.89. The Hall–Kier alpha value is -1.13. The first-order valence-electron chi connectivity index (χ1n) is 6.86. The maximum absolute atomic E-state index is 2.90. The summed E-state index contributed by atoms with van der Waals surface area (Å²) in [5.41, 5.74) is 8.26. The molecule has 100 valence electrons. The van der Waals surface area contributed by atoms with E-state index in [-0.39, 0.29) is 0 Å². The fraction of sp³-hybridized carbons (Fsp3) is 0.333. The van der Waals surface area contributed by atoms with E-state index < -0.39 is 0 Å². The predicted octanol–water partition coefficient (Wildman–Crippen LogP) is 4.93. The zero-order valence-electron chi connectivity index (χ0n) is 12.3. The van der Waals surface area contributed by atoms with E-state index in [9.17, 15) is 0 Å². The molecule has 0 radical (unpaired) electrons. The summed E-state index contributed by atoms with van der Waals surface area (Å²) in [4.78, 5) is 0. The zero-order valence-corrected chi connectivity index (χ0v) is 13.5. The average Bonchev–Trinajstić information content (AvgIpc) is 2.27. The SMILES string of the molecule is Cc1cc(C)cc(C(CP)c2cc(C)cc(C)c2)c1. The minimum absolute atomic E-state index is 0.474. The second kappa shape index (κ2) is 5.88. The van der Waals surface area contributed by atoms with Gasteiger partial charge in [0.25, 0.3) is 0 Å². The molecule has 0 aliphatic rings. The maximum Gasteiger partial charge on any atom is 0.0124 e. The van der Waals surface area contributed by atoms with Crippen LogP contribution in [0.2, 0.25) is 0 Å². The van der Waals surface area contributed by atoms with Crippen LogP contribution in [0, 0.1) is 27.7 Å². The van der Waals surface area contributed by atoms with Crippen LogP contribution in [0.5, 0.6) is 0 Å². The highest BCUT2D eigenvalue weighted by atomic mass is 31.0. The molecule has 2 aromatic carbocycles. The molecular weight excluding hydrogens is 247 g/mol. The van der Waals surface area contributed by atoms with Crippen LogP contribution in [0.3, 0.4) is 0 Å². The smallest absolute Gasteiger partial charge is 0.0124 e. The molecule has 1 atom stereocenters. The Morgan fingerprint density at radius 3 is 1.26 bits per heavy atom. The molecule has 0 saturated heterocycles. The van der Waals surface area contributed by atoms with Gasteiger partial charge in [-0.15, -0.1) is 9.24 Å². The molecule has 0 bridgehead atoms. The van der Waals surface area contributed by atoms with Crippen LogP contribution in [0.4, 0.5) is 0 Å². The normalized spacial score (nSPS) is 11.1. The van der Waals surface area contributed by atoms with Gasteiger partial charge in [-0.2, -0.15) is 0 Å². The summed E-state index contributed by atoms with van der Waals surface area (Å²) in [5, 5.41) is 0. The standard InChI is InChI=1S/C18H23P/c1-12-5-13(2)8-16(7-12)18(11-19)17-9-14(3)6-15(4)10-17/h5-10,18H,11,19H2,1-4H3. The maximum atomic E-state index is 2.90. The van der Waals surface area contributed by atoms with Crippen molar-refractivity contribution in [3.8, 4) is 0 Å². The first-order valence-corrected chi connectivity index (χ1v) is 7.67. The highest BCUT2D eigenvalue weighted by Crippen LogP contribution is 2.29. The van der Waals surface area contributed by atoms with Gasteiger partial charge < -0.3 is 0 Å². The van der Waals surface area contributed by atoms with E-state index in [1.807, 2.05) is 0 Å². The van der Waals surface area contributed by atoms with E-state index >= 15 is 0 Å². The molecule has 0 aromatic heterocycles. The number of rotatable bonds is 3. The Kier molecular flexibility index (Phi) is 4.42. The van der Waals surface area contributed by atoms with Crippen LogP contribution in [0.1, 0.15) is 39.3 Å². The van der Waals surface area contributed by atoms with Crippen molar-refractivity contribution in [1.29, 1.82) is 0 Å². The van der Waals surface area contributed by atoms with Crippen molar-refractivity contribution in [3.05, 3.63) is 69.8 Å². The molecule has 0 aliphatic carbocycles. The predicted molar refractivity (Wildman–Crippen MR) is 88.3 cm³/mol. The van der Waals surface area contributed by atoms with Crippen molar-refractivity contribution in [1.82, 2.24) is 0 Å². The van der Waals surface area contributed by atoms with Gasteiger partial charge >= 0.3 is 0 Å². The first-order chi connectivity index (χ1) is 8.99. The van der Waals surface area contributed by atoms with Crippen molar-refractivity contribution < 1.29 is 0 Å². The van der Waals surface area contributed by atoms with Gasteiger partial charge in [0.1, 0.15) is 0 Å². The zero-order chi connectivity index (χ0) is 14.0. The van der Waals surface area contributed by atoms with Gasteiger partial charge in [0.2, 0.25) is 0 Å². The van der Waals surface area contributed by atoms with Crippen molar-refractivity contribution in [2.45, 2.75) is 33.6 Å². The second-order valence-corrected chi connectivity index (χ2v) is 6.10. The van der Waals surface area contributed by atoms with Crippen molar-refractivity contribution in [2.75, 3.05) is 6.16 Å². The first kappa shape index (κ1) is 14.3. The van der Waals surface area contributed by atoms with Crippen LogP contribution in [-0.2, 0) is 0 Å². The Balaban J connectivity index is 2.49. The molecule has 0 amide bonds. The Morgan fingerprint density at radius 2 is 1.00 bits per heavy atom. The third-order valence-corrected chi connectivity index (χ3v) is 4.00. The molecule has 0 aliphatic heterocycles. The van der Waals surface area contributed by atoms with Crippen LogP contribution < -0.4 is 0 Å². The molecule has 19 heavy (non-hydrogen) atoms. The van der Waals surface area contributed by atoms with Crippen molar-refractivity contribution in [3.63, 3.8) is 0 Å². The van der Waals surface area contributed by atoms with Crippen LogP contribution in [0.15, 0.2) is 36.4 Å². The minimum atomic E-state index is 0.474. The minimum Gasteiger partial charge on any atom is -0.137 e. The summed E-state index contributed by atoms with van der Waals surface area (Å²) in [7, 11) is 2.90. The largest absolute Gasteiger partial charge is 0.137 e. The molecule has 0 heterocycles. The molecule has 1 heteroatoms. The number of hydrogen-bond acceptors (Lipinski definition) is 0. The number of hydrogen-bond donors (Lipinski definition) is 0. The van der Waals surface area contributed by atoms with E-state index in [1.165, 1.54) is 33.4 Å². The Morgan fingerprint density at radius 1 is 0.684 bits per heavy atom. The summed E-state index contributed by atoms with van der Waals surface area (Å²) in [6.45, 7) is 8.71. The molecule has 2 aromatic rings. The third kappa shape index (κ3) is 3.45. The summed E-state index contributed by atoms with van der Waals surface area (Å²) < 4.78 is 0. The Bertz CT molecular complexity index is 492. The summed E-state index contributed by atoms with van der Waals surface area (Å²) in [6, 6.07) is 13.8. The van der Waals surface area contributed by atoms with Gasteiger partial charge in [-0.1, -0.05) is 58.7 Å². The molecule has 0 fully saturated rings. The number of benzene rings is 2. The van der Waals surface area contributed by atoms with Gasteiger partial charge in [0.05, 0.1) is 0 Å². The second-order valence-electron chi connectivity index (χ2n) is 5.63. The topological polar surface area (TPSA) is 0 Å². The van der Waals surface area contributed by atoms with Gasteiger partial charge in [-0.25, -0.2) is 0 Å². The monoisotopic (exact) mass is 270 g/mol. The summed E-state index contributed by atoms with van der Waals surface area (Å²) in [6.07, 6.45) is 1.06. The van der Waals surface area contributed by atoms with E-state index in [1.54, 1.807) is 0 Å². The molecular formula is C18H23P. The van der Waals surface area contributed by atoms with Gasteiger partial charge in [-0.3, -0.25) is 0 Å². The lowest BCUT2D eigenvalue weighted by Gasteiger charge is -2.18. The van der Waals surface area contributed by atoms with E-state index in [0.29, 0.717) is 5.92 Å². The van der Waals surface area contributed by atoms with Crippen LogP contribution in [0.25, 0.3) is 0 Å². The quantitative estimate of drug-likeness (QED) is 0.694. The van der Waals surface area contributed by atoms with Gasteiger partial charge in [0, 0.05) is 5.92 Å². The highest BCUT2D eigenvalue weighted by Gasteiger charge is 2.13. The molecule has 0 nitrogen and oxygen atoms in total. The molecule has 2 rings (SSSR count). The van der Waals surface area contributed by atoms with Crippen LogP contribution >= 0.6 is 9.24 Å². The molecule has 0 N–H and O–H groups in total. The highest BCUT2D eigenvalue weighted by molar-refractivity contribution is 7.16. The summed E-state index contributed by atoms with van der Waals surface area (Å²) in [5.74, 6) is 0.474. The molecule has 0 saturated carbocycles. The Labute approximate surface area is 119 Å². The van der Waals surface area contributed by atoms with E-state index in [2.05, 4.69) is 73.3 Å². The van der Waals surface area contributed by atoms with E-state index in [0.717, 1.165) is 6.16 Å². The van der Waals surface area contributed by atoms with Crippen molar-refractivity contribution in [2.24, 2.45) is 0 Å². The van der Waals surface area contributed by atoms with Gasteiger partial charge in [-0.05, 0) is 45.0 Å². The lowest BCUT2D eigenvalue weighted by molar-refractivity contribution is 0.927. The number of aryl methyl sites for hydroxylation is 4. The molecule has 0 spiro atoms. The van der Waals surface area contributed by atoms with Crippen LogP contribution in [-0.4, -0.2) is 6.16 Å². The van der Waals surface area contributed by atoms with Gasteiger partial charge in [0.15, 0.2) is 0 Å². The fourth-order valence-electron chi connectivity index (χ4n) is 2.89. The third-order valence-electron chi connectivity index (χ3n) is 3.53.